The van der Waals surface area contributed by atoms with Crippen molar-refractivity contribution in [2.45, 2.75) is 32.2 Å². The minimum atomic E-state index is 0.685. The van der Waals surface area contributed by atoms with Crippen molar-refractivity contribution >= 4 is 5.82 Å². The van der Waals surface area contributed by atoms with Crippen LogP contribution in [0.3, 0.4) is 0 Å². The van der Waals surface area contributed by atoms with Crippen LogP contribution in [-0.2, 0) is 0 Å². The van der Waals surface area contributed by atoms with Gasteiger partial charge in [0.05, 0.1) is 11.7 Å². The third kappa shape index (κ3) is 1.14. The van der Waals surface area contributed by atoms with E-state index in [4.69, 9.17) is 0 Å². The number of rotatable bonds is 1. The van der Waals surface area contributed by atoms with Crippen LogP contribution in [0.4, 0.5) is 5.82 Å². The van der Waals surface area contributed by atoms with E-state index < -0.39 is 0 Å². The molecule has 3 nitrogen and oxygen atoms in total. The molecule has 0 radical (unpaired) electrons. The summed E-state index contributed by atoms with van der Waals surface area (Å²) in [6, 6.07) is 2.83. The average Bonchev–Trinajstić information content (AvgIpc) is 2.86. The molecule has 0 spiro atoms. The Labute approximate surface area is 78.1 Å². The lowest BCUT2D eigenvalue weighted by atomic mass is 10.1. The molecule has 1 atom stereocenters. The van der Waals surface area contributed by atoms with Gasteiger partial charge in [-0.05, 0) is 32.1 Å². The summed E-state index contributed by atoms with van der Waals surface area (Å²) in [5.41, 5.74) is 1.13. The fourth-order valence-electron chi connectivity index (χ4n) is 2.29. The van der Waals surface area contributed by atoms with E-state index in [1.165, 1.54) is 25.1 Å². The molecule has 1 unspecified atom stereocenters. The average molecular weight is 177 g/mol. The van der Waals surface area contributed by atoms with Crippen LogP contribution in [-0.4, -0.2) is 16.3 Å². The van der Waals surface area contributed by atoms with Crippen LogP contribution in [0.2, 0.25) is 0 Å². The van der Waals surface area contributed by atoms with Gasteiger partial charge in [0.1, 0.15) is 5.82 Å². The molecular formula is C10H15N3. The largest absolute Gasteiger partial charge is 0.370 e. The fraction of sp³-hybridized carbons (Fsp3) is 0.700. The number of hydrogen-bond donors (Lipinski definition) is 1. The Bertz CT molecular complexity index is 325. The van der Waals surface area contributed by atoms with Gasteiger partial charge in [-0.3, -0.25) is 0 Å². The molecule has 3 heteroatoms. The van der Waals surface area contributed by atoms with E-state index in [2.05, 4.69) is 28.1 Å². The smallest absolute Gasteiger partial charge is 0.124 e. The first-order valence-corrected chi connectivity index (χ1v) is 5.14. The molecule has 0 saturated heterocycles. The molecule has 1 saturated carbocycles. The van der Waals surface area contributed by atoms with E-state index in [0.29, 0.717) is 6.04 Å². The van der Waals surface area contributed by atoms with Crippen LogP contribution < -0.4 is 5.32 Å². The first-order valence-electron chi connectivity index (χ1n) is 5.14. The van der Waals surface area contributed by atoms with Crippen molar-refractivity contribution in [3.05, 3.63) is 11.8 Å². The molecule has 2 heterocycles. The molecule has 1 aliphatic carbocycles. The predicted octanol–water partition coefficient (Wildman–Crippen LogP) is 1.96. The van der Waals surface area contributed by atoms with Crippen LogP contribution in [0.25, 0.3) is 0 Å². The molecule has 1 aromatic heterocycles. The van der Waals surface area contributed by atoms with Crippen molar-refractivity contribution in [3.63, 3.8) is 0 Å². The van der Waals surface area contributed by atoms with Gasteiger partial charge in [0.2, 0.25) is 0 Å². The molecule has 0 amide bonds. The van der Waals surface area contributed by atoms with Gasteiger partial charge in [0, 0.05) is 12.6 Å². The Kier molecular flexibility index (Phi) is 1.43. The maximum Gasteiger partial charge on any atom is 0.124 e. The number of nitrogens with one attached hydrogen (secondary N) is 1. The van der Waals surface area contributed by atoms with Crippen LogP contribution in [0, 0.1) is 12.8 Å². The van der Waals surface area contributed by atoms with Gasteiger partial charge in [-0.1, -0.05) is 0 Å². The monoisotopic (exact) mass is 177 g/mol. The predicted molar refractivity (Wildman–Crippen MR) is 51.8 cm³/mol. The lowest BCUT2D eigenvalue weighted by molar-refractivity contribution is 0.374. The summed E-state index contributed by atoms with van der Waals surface area (Å²) >= 11 is 0. The van der Waals surface area contributed by atoms with Crippen molar-refractivity contribution in [2.24, 2.45) is 5.92 Å². The second-order valence-corrected chi connectivity index (χ2v) is 4.24. The van der Waals surface area contributed by atoms with Gasteiger partial charge >= 0.3 is 0 Å². The Morgan fingerprint density at radius 2 is 2.31 bits per heavy atom. The van der Waals surface area contributed by atoms with E-state index in [0.717, 1.165) is 18.2 Å². The van der Waals surface area contributed by atoms with Crippen LogP contribution >= 0.6 is 0 Å². The highest BCUT2D eigenvalue weighted by Crippen LogP contribution is 2.43. The Balaban J connectivity index is 1.99. The molecule has 2 aliphatic rings. The highest BCUT2D eigenvalue weighted by atomic mass is 15.4. The molecule has 70 valence electrons. The topological polar surface area (TPSA) is 29.9 Å². The van der Waals surface area contributed by atoms with Gasteiger partial charge in [-0.25, -0.2) is 4.68 Å². The summed E-state index contributed by atoms with van der Waals surface area (Å²) in [5, 5.41) is 7.94. The first-order chi connectivity index (χ1) is 6.34. The summed E-state index contributed by atoms with van der Waals surface area (Å²) in [4.78, 5) is 0. The lowest BCUT2D eigenvalue weighted by Gasteiger charge is -2.25. The first kappa shape index (κ1) is 7.42. The molecule has 13 heavy (non-hydrogen) atoms. The number of hydrogen-bond acceptors (Lipinski definition) is 2. The van der Waals surface area contributed by atoms with Gasteiger partial charge < -0.3 is 5.32 Å². The Hall–Kier alpha value is -0.990. The third-order valence-corrected chi connectivity index (χ3v) is 3.08. The Morgan fingerprint density at radius 1 is 1.46 bits per heavy atom. The minimum absolute atomic E-state index is 0.685. The molecule has 1 N–H and O–H groups in total. The van der Waals surface area contributed by atoms with E-state index in [9.17, 15) is 0 Å². The molecule has 0 aromatic carbocycles. The number of aromatic nitrogens is 2. The summed E-state index contributed by atoms with van der Waals surface area (Å²) in [6.07, 6.45) is 4.06. The van der Waals surface area contributed by atoms with E-state index in [-0.39, 0.29) is 0 Å². The van der Waals surface area contributed by atoms with Crippen LogP contribution in [0.1, 0.15) is 31.0 Å². The van der Waals surface area contributed by atoms with Crippen molar-refractivity contribution in [2.75, 3.05) is 11.9 Å². The number of nitrogens with zero attached hydrogens (tertiary/aromatic N) is 2. The zero-order valence-corrected chi connectivity index (χ0v) is 7.95. The zero-order valence-electron chi connectivity index (χ0n) is 7.95. The summed E-state index contributed by atoms with van der Waals surface area (Å²) in [6.45, 7) is 3.18. The van der Waals surface area contributed by atoms with Crippen molar-refractivity contribution in [1.82, 2.24) is 9.78 Å². The Morgan fingerprint density at radius 3 is 3.08 bits per heavy atom. The molecule has 1 aromatic rings. The molecular weight excluding hydrogens is 162 g/mol. The number of fused-ring (bicyclic) bond motifs is 1. The van der Waals surface area contributed by atoms with E-state index >= 15 is 0 Å². The van der Waals surface area contributed by atoms with Gasteiger partial charge in [-0.15, -0.1) is 0 Å². The van der Waals surface area contributed by atoms with Gasteiger partial charge in [-0.2, -0.15) is 5.10 Å². The van der Waals surface area contributed by atoms with E-state index in [1.807, 2.05) is 0 Å². The molecule has 3 rings (SSSR count). The maximum atomic E-state index is 4.55. The van der Waals surface area contributed by atoms with Crippen molar-refractivity contribution in [3.8, 4) is 0 Å². The summed E-state index contributed by atoms with van der Waals surface area (Å²) in [5.74, 6) is 2.14. The fourth-order valence-corrected chi connectivity index (χ4v) is 2.29. The lowest BCUT2D eigenvalue weighted by Crippen LogP contribution is -2.24. The quantitative estimate of drug-likeness (QED) is 0.710. The molecule has 0 bridgehead atoms. The van der Waals surface area contributed by atoms with Crippen LogP contribution in [0.15, 0.2) is 6.07 Å². The minimum Gasteiger partial charge on any atom is -0.370 e. The van der Waals surface area contributed by atoms with Crippen molar-refractivity contribution < 1.29 is 0 Å². The normalized spacial score (nSPS) is 26.7. The zero-order chi connectivity index (χ0) is 8.84. The second kappa shape index (κ2) is 2.50. The molecule has 1 fully saturated rings. The second-order valence-electron chi connectivity index (χ2n) is 4.24. The SMILES string of the molecule is Cc1cc2n(n1)C(C1CC1)CCN2. The van der Waals surface area contributed by atoms with E-state index in [1.54, 1.807) is 0 Å². The third-order valence-electron chi connectivity index (χ3n) is 3.08. The summed E-state index contributed by atoms with van der Waals surface area (Å²) in [7, 11) is 0. The van der Waals surface area contributed by atoms with Gasteiger partial charge in [0.25, 0.3) is 0 Å². The van der Waals surface area contributed by atoms with Crippen molar-refractivity contribution in [1.29, 1.82) is 0 Å². The van der Waals surface area contributed by atoms with Gasteiger partial charge in [0.15, 0.2) is 0 Å². The van der Waals surface area contributed by atoms with Crippen LogP contribution in [0.5, 0.6) is 0 Å². The summed E-state index contributed by atoms with van der Waals surface area (Å²) < 4.78 is 2.20. The highest BCUT2D eigenvalue weighted by molar-refractivity contribution is 5.39. The maximum absolute atomic E-state index is 4.55. The standard InChI is InChI=1S/C10H15N3/c1-7-6-10-11-5-4-9(8-2-3-8)13(10)12-7/h6,8-9,11H,2-5H2,1H3. The number of anilines is 1. The molecule has 1 aliphatic heterocycles. The highest BCUT2D eigenvalue weighted by Gasteiger charge is 2.35. The number of aryl methyl sites for hydroxylation is 1.